The van der Waals surface area contributed by atoms with Gasteiger partial charge in [0.15, 0.2) is 28.8 Å². The molecule has 0 radical (unpaired) electrons. The lowest BCUT2D eigenvalue weighted by Crippen LogP contribution is -2.15. The first-order valence-electron chi connectivity index (χ1n) is 6.65. The van der Waals surface area contributed by atoms with E-state index in [9.17, 15) is 9.18 Å². The normalized spacial score (nSPS) is 10.3. The van der Waals surface area contributed by atoms with Crippen LogP contribution in [0.25, 0.3) is 11.4 Å². The zero-order valence-electron chi connectivity index (χ0n) is 11.8. The summed E-state index contributed by atoms with van der Waals surface area (Å²) in [7, 11) is 0. The molecule has 0 fully saturated rings. The summed E-state index contributed by atoms with van der Waals surface area (Å²) >= 11 is 0. The van der Waals surface area contributed by atoms with Crippen LogP contribution in [0.4, 0.5) is 4.39 Å². The molecule has 0 aliphatic heterocycles. The Morgan fingerprint density at radius 2 is 1.91 bits per heavy atom. The van der Waals surface area contributed by atoms with Gasteiger partial charge in [-0.05, 0) is 24.3 Å². The molecule has 1 amide bonds. The number of primary amides is 1. The summed E-state index contributed by atoms with van der Waals surface area (Å²) in [5.74, 6) is -1.17. The second-order valence-electron chi connectivity index (χ2n) is 4.54. The zero-order valence-corrected chi connectivity index (χ0v) is 11.8. The lowest BCUT2D eigenvalue weighted by molar-refractivity contribution is 0.0993. The second kappa shape index (κ2) is 6.18. The topological polar surface area (TPSA) is 91.0 Å². The van der Waals surface area contributed by atoms with Crippen LogP contribution in [-0.4, -0.2) is 20.9 Å². The fourth-order valence-electron chi connectivity index (χ4n) is 1.90. The van der Waals surface area contributed by atoms with E-state index in [4.69, 9.17) is 10.5 Å². The molecule has 6 nitrogen and oxygen atoms in total. The number of ether oxygens (including phenoxy) is 1. The molecule has 3 aromatic rings. The summed E-state index contributed by atoms with van der Waals surface area (Å²) < 4.78 is 19.0. The van der Waals surface area contributed by atoms with Crippen molar-refractivity contribution in [2.75, 3.05) is 0 Å². The predicted octanol–water partition coefficient (Wildman–Crippen LogP) is 2.57. The van der Waals surface area contributed by atoms with Gasteiger partial charge in [-0.25, -0.2) is 14.4 Å². The van der Waals surface area contributed by atoms with E-state index in [1.54, 1.807) is 30.6 Å². The van der Waals surface area contributed by atoms with Crippen LogP contribution >= 0.6 is 0 Å². The number of nitrogens with zero attached hydrogens (tertiary/aromatic N) is 3. The van der Waals surface area contributed by atoms with Gasteiger partial charge >= 0.3 is 0 Å². The summed E-state index contributed by atoms with van der Waals surface area (Å²) in [4.78, 5) is 23.8. The minimum absolute atomic E-state index is 0.0183. The van der Waals surface area contributed by atoms with Crippen LogP contribution in [0.3, 0.4) is 0 Å². The molecule has 0 spiro atoms. The fraction of sp³-hybridized carbons (Fsp3) is 0. The molecule has 7 heteroatoms. The van der Waals surface area contributed by atoms with Crippen LogP contribution < -0.4 is 10.5 Å². The number of carbonyl (C=O) groups excluding carboxylic acids is 1. The minimum atomic E-state index is -0.802. The van der Waals surface area contributed by atoms with Crippen LogP contribution in [0.1, 0.15) is 10.5 Å². The Morgan fingerprint density at radius 3 is 2.61 bits per heavy atom. The number of carbonyl (C=O) groups is 1. The molecule has 0 aliphatic rings. The summed E-state index contributed by atoms with van der Waals surface area (Å²) in [5, 5.41) is 0. The number of amides is 1. The van der Waals surface area contributed by atoms with E-state index < -0.39 is 11.7 Å². The first kappa shape index (κ1) is 14.6. The van der Waals surface area contributed by atoms with E-state index in [1.165, 1.54) is 24.4 Å². The molecule has 1 aromatic carbocycles. The number of hydrogen-bond donors (Lipinski definition) is 1. The van der Waals surface area contributed by atoms with Crippen molar-refractivity contribution in [2.45, 2.75) is 0 Å². The maximum atomic E-state index is 13.7. The zero-order chi connectivity index (χ0) is 16.2. The maximum Gasteiger partial charge on any atom is 0.271 e. The van der Waals surface area contributed by atoms with Crippen molar-refractivity contribution < 1.29 is 13.9 Å². The standard InChI is InChI=1S/C16H11FN4O2/c17-11-5-1-2-6-12(11)23-13-9-20-16(21-14(13)15(18)22)10-4-3-7-19-8-10/h1-9H,(H2,18,22). The molecule has 0 saturated carbocycles. The van der Waals surface area contributed by atoms with E-state index in [2.05, 4.69) is 15.0 Å². The third-order valence-corrected chi connectivity index (χ3v) is 2.96. The van der Waals surface area contributed by atoms with Crippen molar-refractivity contribution >= 4 is 5.91 Å². The van der Waals surface area contributed by atoms with Crippen molar-refractivity contribution in [3.63, 3.8) is 0 Å². The number of halogens is 1. The molecule has 0 bridgehead atoms. The van der Waals surface area contributed by atoms with E-state index in [1.807, 2.05) is 0 Å². The van der Waals surface area contributed by atoms with Crippen LogP contribution in [0.15, 0.2) is 55.0 Å². The Morgan fingerprint density at radius 1 is 1.09 bits per heavy atom. The average molecular weight is 310 g/mol. The third-order valence-electron chi connectivity index (χ3n) is 2.96. The van der Waals surface area contributed by atoms with Gasteiger partial charge in [0.2, 0.25) is 0 Å². The largest absolute Gasteiger partial charge is 0.450 e. The lowest BCUT2D eigenvalue weighted by Gasteiger charge is -2.10. The van der Waals surface area contributed by atoms with Crippen molar-refractivity contribution in [1.29, 1.82) is 0 Å². The molecule has 3 rings (SSSR count). The van der Waals surface area contributed by atoms with Crippen LogP contribution in [0.5, 0.6) is 11.5 Å². The molecule has 114 valence electrons. The SMILES string of the molecule is NC(=O)c1nc(-c2cccnc2)ncc1Oc1ccccc1F. The highest BCUT2D eigenvalue weighted by atomic mass is 19.1. The second-order valence-corrected chi connectivity index (χ2v) is 4.54. The average Bonchev–Trinajstić information content (AvgIpc) is 2.58. The van der Waals surface area contributed by atoms with Gasteiger partial charge < -0.3 is 10.5 Å². The predicted molar refractivity (Wildman–Crippen MR) is 80.3 cm³/mol. The molecular formula is C16H11FN4O2. The summed E-state index contributed by atoms with van der Waals surface area (Å²) in [6.07, 6.45) is 4.44. The molecule has 0 saturated heterocycles. The van der Waals surface area contributed by atoms with E-state index in [0.29, 0.717) is 5.56 Å². The molecule has 0 atom stereocenters. The Balaban J connectivity index is 2.01. The van der Waals surface area contributed by atoms with Gasteiger partial charge in [-0.3, -0.25) is 9.78 Å². The highest BCUT2D eigenvalue weighted by Crippen LogP contribution is 2.27. The summed E-state index contributed by atoms with van der Waals surface area (Å²) in [5.41, 5.74) is 5.82. The fourth-order valence-corrected chi connectivity index (χ4v) is 1.90. The molecule has 0 aliphatic carbocycles. The molecule has 2 aromatic heterocycles. The Kier molecular flexibility index (Phi) is 3.92. The number of pyridine rings is 1. The number of aromatic nitrogens is 3. The van der Waals surface area contributed by atoms with Crippen molar-refractivity contribution in [3.8, 4) is 22.9 Å². The van der Waals surface area contributed by atoms with Gasteiger partial charge in [0.05, 0.1) is 6.20 Å². The number of nitrogens with two attached hydrogens (primary N) is 1. The Hall–Kier alpha value is -3.35. The van der Waals surface area contributed by atoms with Crippen molar-refractivity contribution in [3.05, 3.63) is 66.5 Å². The highest BCUT2D eigenvalue weighted by Gasteiger charge is 2.16. The van der Waals surface area contributed by atoms with Crippen LogP contribution in [0.2, 0.25) is 0 Å². The lowest BCUT2D eigenvalue weighted by atomic mass is 10.2. The van der Waals surface area contributed by atoms with Gasteiger partial charge in [-0.2, -0.15) is 0 Å². The van der Waals surface area contributed by atoms with Crippen LogP contribution in [0, 0.1) is 5.82 Å². The number of hydrogen-bond acceptors (Lipinski definition) is 5. The maximum absolute atomic E-state index is 13.7. The monoisotopic (exact) mass is 310 g/mol. The molecule has 0 unspecified atom stereocenters. The highest BCUT2D eigenvalue weighted by molar-refractivity contribution is 5.94. The molecular weight excluding hydrogens is 299 g/mol. The van der Waals surface area contributed by atoms with Gasteiger partial charge in [-0.1, -0.05) is 12.1 Å². The van der Waals surface area contributed by atoms with Crippen molar-refractivity contribution in [2.24, 2.45) is 5.73 Å². The number of benzene rings is 1. The third kappa shape index (κ3) is 3.13. The molecule has 23 heavy (non-hydrogen) atoms. The van der Waals surface area contributed by atoms with Crippen molar-refractivity contribution in [1.82, 2.24) is 15.0 Å². The Labute approximate surface area is 130 Å². The quantitative estimate of drug-likeness (QED) is 0.799. The smallest absolute Gasteiger partial charge is 0.271 e. The Bertz CT molecular complexity index is 856. The van der Waals surface area contributed by atoms with E-state index in [0.717, 1.165) is 0 Å². The first-order chi connectivity index (χ1) is 11.1. The van der Waals surface area contributed by atoms with E-state index in [-0.39, 0.29) is 23.0 Å². The first-order valence-corrected chi connectivity index (χ1v) is 6.65. The van der Waals surface area contributed by atoms with Gasteiger partial charge in [-0.15, -0.1) is 0 Å². The summed E-state index contributed by atoms with van der Waals surface area (Å²) in [6.45, 7) is 0. The van der Waals surface area contributed by atoms with Gasteiger partial charge in [0.25, 0.3) is 5.91 Å². The minimum Gasteiger partial charge on any atom is -0.450 e. The van der Waals surface area contributed by atoms with Gasteiger partial charge in [0, 0.05) is 18.0 Å². The van der Waals surface area contributed by atoms with E-state index >= 15 is 0 Å². The summed E-state index contributed by atoms with van der Waals surface area (Å²) in [6, 6.07) is 9.25. The number of rotatable bonds is 4. The van der Waals surface area contributed by atoms with Gasteiger partial charge in [0.1, 0.15) is 0 Å². The molecule has 2 N–H and O–H groups in total. The number of para-hydroxylation sites is 1. The molecule has 2 heterocycles. The van der Waals surface area contributed by atoms with Crippen LogP contribution in [-0.2, 0) is 0 Å².